The molecule has 5 heteroatoms. The van der Waals surface area contributed by atoms with Gasteiger partial charge in [-0.15, -0.1) is 0 Å². The summed E-state index contributed by atoms with van der Waals surface area (Å²) in [6.45, 7) is 4.62. The molecule has 3 aromatic rings. The number of imidazole rings is 1. The Hall–Kier alpha value is -2.14. The highest BCUT2D eigenvalue weighted by Gasteiger charge is 2.15. The summed E-state index contributed by atoms with van der Waals surface area (Å²) in [5.41, 5.74) is 9.83. The van der Waals surface area contributed by atoms with Crippen LogP contribution >= 0.6 is 0 Å². The van der Waals surface area contributed by atoms with E-state index in [1.165, 1.54) is 0 Å². The van der Waals surface area contributed by atoms with Gasteiger partial charge in [0.15, 0.2) is 5.82 Å². The summed E-state index contributed by atoms with van der Waals surface area (Å²) in [6, 6.07) is 8.03. The van der Waals surface area contributed by atoms with E-state index >= 15 is 0 Å². The highest BCUT2D eigenvalue weighted by molar-refractivity contribution is 5.49. The van der Waals surface area contributed by atoms with Crippen LogP contribution in [-0.4, -0.2) is 25.7 Å². The van der Waals surface area contributed by atoms with E-state index in [9.17, 15) is 0 Å². The summed E-state index contributed by atoms with van der Waals surface area (Å²) in [5, 5.41) is 4.52. The van der Waals surface area contributed by atoms with E-state index in [0.717, 1.165) is 35.0 Å². The van der Waals surface area contributed by atoms with Crippen molar-refractivity contribution in [3.05, 3.63) is 47.5 Å². The zero-order valence-corrected chi connectivity index (χ0v) is 11.2. The Kier molecular flexibility index (Phi) is 2.83. The number of fused-ring (bicyclic) bond motifs is 1. The van der Waals surface area contributed by atoms with Crippen LogP contribution in [0, 0.1) is 13.8 Å². The molecular formula is C14H17N5. The fourth-order valence-corrected chi connectivity index (χ4v) is 2.42. The fourth-order valence-electron chi connectivity index (χ4n) is 2.42. The van der Waals surface area contributed by atoms with Crippen molar-refractivity contribution in [3.63, 3.8) is 0 Å². The molecular weight excluding hydrogens is 238 g/mol. The molecule has 0 aliphatic rings. The maximum Gasteiger partial charge on any atom is 0.175 e. The highest BCUT2D eigenvalue weighted by atomic mass is 15.3. The molecule has 0 atom stereocenters. The van der Waals surface area contributed by atoms with Gasteiger partial charge in [0.2, 0.25) is 0 Å². The molecule has 98 valence electrons. The van der Waals surface area contributed by atoms with Crippen LogP contribution in [-0.2, 0) is 6.42 Å². The number of nitrogens with zero attached hydrogens (tertiary/aromatic N) is 4. The third kappa shape index (κ3) is 1.92. The minimum atomic E-state index is 0.592. The number of pyridine rings is 1. The molecule has 2 N–H and O–H groups in total. The predicted octanol–water partition coefficient (Wildman–Crippen LogP) is 1.64. The number of aromatic nitrogens is 4. The molecule has 0 saturated heterocycles. The second-order valence-electron chi connectivity index (χ2n) is 4.69. The average molecular weight is 255 g/mol. The summed E-state index contributed by atoms with van der Waals surface area (Å²) in [4.78, 5) is 4.68. The Bertz CT molecular complexity index is 723. The van der Waals surface area contributed by atoms with Crippen molar-refractivity contribution < 1.29 is 0 Å². The van der Waals surface area contributed by atoms with Gasteiger partial charge in [-0.1, -0.05) is 6.07 Å². The standard InChI is InChI=1S/C14H17N5/c1-10-9-11(2)19(17-10)14-12(6-7-15)18-8-4-3-5-13(18)16-14/h3-5,8-9H,6-7,15H2,1-2H3. The van der Waals surface area contributed by atoms with E-state index in [0.29, 0.717) is 6.54 Å². The number of nitrogens with two attached hydrogens (primary N) is 1. The van der Waals surface area contributed by atoms with Gasteiger partial charge in [0, 0.05) is 18.3 Å². The van der Waals surface area contributed by atoms with E-state index in [1.807, 2.05) is 42.9 Å². The Morgan fingerprint density at radius 3 is 2.79 bits per heavy atom. The van der Waals surface area contributed by atoms with E-state index in [4.69, 9.17) is 5.73 Å². The highest BCUT2D eigenvalue weighted by Crippen LogP contribution is 2.19. The van der Waals surface area contributed by atoms with Crippen LogP contribution in [0.25, 0.3) is 11.5 Å². The molecule has 0 aromatic carbocycles. The third-order valence-electron chi connectivity index (χ3n) is 3.20. The van der Waals surface area contributed by atoms with Crippen molar-refractivity contribution in [1.82, 2.24) is 19.2 Å². The summed E-state index contributed by atoms with van der Waals surface area (Å²) < 4.78 is 3.98. The van der Waals surface area contributed by atoms with Gasteiger partial charge in [-0.25, -0.2) is 9.67 Å². The van der Waals surface area contributed by atoms with Crippen molar-refractivity contribution in [3.8, 4) is 5.82 Å². The molecule has 0 unspecified atom stereocenters. The van der Waals surface area contributed by atoms with Crippen molar-refractivity contribution in [2.45, 2.75) is 20.3 Å². The average Bonchev–Trinajstić information content (AvgIpc) is 2.91. The second-order valence-corrected chi connectivity index (χ2v) is 4.69. The molecule has 0 fully saturated rings. The smallest absolute Gasteiger partial charge is 0.175 e. The Balaban J connectivity index is 2.27. The Labute approximate surface area is 111 Å². The molecule has 3 heterocycles. The lowest BCUT2D eigenvalue weighted by molar-refractivity contribution is 0.786. The second kappa shape index (κ2) is 4.51. The quantitative estimate of drug-likeness (QED) is 0.774. The molecule has 5 nitrogen and oxygen atoms in total. The third-order valence-corrected chi connectivity index (χ3v) is 3.20. The summed E-state index contributed by atoms with van der Waals surface area (Å²) in [5.74, 6) is 0.877. The van der Waals surface area contributed by atoms with Gasteiger partial charge in [0.1, 0.15) is 5.65 Å². The molecule has 0 spiro atoms. The molecule has 19 heavy (non-hydrogen) atoms. The van der Waals surface area contributed by atoms with Gasteiger partial charge < -0.3 is 10.1 Å². The zero-order chi connectivity index (χ0) is 13.4. The van der Waals surface area contributed by atoms with Gasteiger partial charge in [-0.05, 0) is 38.6 Å². The van der Waals surface area contributed by atoms with Gasteiger partial charge in [-0.2, -0.15) is 5.10 Å². The van der Waals surface area contributed by atoms with E-state index < -0.39 is 0 Å². The van der Waals surface area contributed by atoms with Crippen molar-refractivity contribution in [1.29, 1.82) is 0 Å². The Morgan fingerprint density at radius 1 is 1.26 bits per heavy atom. The summed E-state index contributed by atoms with van der Waals surface area (Å²) >= 11 is 0. The van der Waals surface area contributed by atoms with E-state index in [2.05, 4.69) is 20.5 Å². The molecule has 0 radical (unpaired) electrons. The first kappa shape index (κ1) is 11.9. The predicted molar refractivity (Wildman–Crippen MR) is 74.5 cm³/mol. The maximum absolute atomic E-state index is 5.73. The normalized spacial score (nSPS) is 11.3. The number of rotatable bonds is 3. The lowest BCUT2D eigenvalue weighted by atomic mass is 10.3. The van der Waals surface area contributed by atoms with E-state index in [-0.39, 0.29) is 0 Å². The van der Waals surface area contributed by atoms with E-state index in [1.54, 1.807) is 0 Å². The zero-order valence-electron chi connectivity index (χ0n) is 11.2. The van der Waals surface area contributed by atoms with Gasteiger partial charge in [0.25, 0.3) is 0 Å². The first-order valence-electron chi connectivity index (χ1n) is 6.40. The van der Waals surface area contributed by atoms with Crippen LogP contribution in [0.3, 0.4) is 0 Å². The van der Waals surface area contributed by atoms with Gasteiger partial charge in [0.05, 0.1) is 11.4 Å². The fraction of sp³-hybridized carbons (Fsp3) is 0.286. The summed E-state index contributed by atoms with van der Waals surface area (Å²) in [6.07, 6.45) is 2.79. The van der Waals surface area contributed by atoms with Crippen molar-refractivity contribution >= 4 is 5.65 Å². The lowest BCUT2D eigenvalue weighted by Crippen LogP contribution is -2.10. The maximum atomic E-state index is 5.73. The van der Waals surface area contributed by atoms with Crippen LogP contribution < -0.4 is 5.73 Å². The number of aryl methyl sites for hydroxylation is 2. The lowest BCUT2D eigenvalue weighted by Gasteiger charge is -2.05. The largest absolute Gasteiger partial charge is 0.330 e. The first-order valence-corrected chi connectivity index (χ1v) is 6.40. The van der Waals surface area contributed by atoms with Crippen LogP contribution in [0.5, 0.6) is 0 Å². The van der Waals surface area contributed by atoms with Crippen molar-refractivity contribution in [2.75, 3.05) is 6.54 Å². The monoisotopic (exact) mass is 255 g/mol. The molecule has 3 aromatic heterocycles. The molecule has 0 bridgehead atoms. The van der Waals surface area contributed by atoms with Gasteiger partial charge in [-0.3, -0.25) is 0 Å². The Morgan fingerprint density at radius 2 is 2.11 bits per heavy atom. The first-order chi connectivity index (χ1) is 9.20. The number of hydrogen-bond donors (Lipinski definition) is 1. The number of hydrogen-bond acceptors (Lipinski definition) is 3. The molecule has 0 aliphatic heterocycles. The van der Waals surface area contributed by atoms with Crippen LogP contribution in [0.2, 0.25) is 0 Å². The van der Waals surface area contributed by atoms with Gasteiger partial charge >= 0.3 is 0 Å². The summed E-state index contributed by atoms with van der Waals surface area (Å²) in [7, 11) is 0. The van der Waals surface area contributed by atoms with Crippen LogP contribution in [0.4, 0.5) is 0 Å². The molecule has 0 aliphatic carbocycles. The minimum absolute atomic E-state index is 0.592. The topological polar surface area (TPSA) is 61.1 Å². The molecule has 0 saturated carbocycles. The molecule has 0 amide bonds. The van der Waals surface area contributed by atoms with Crippen LogP contribution in [0.15, 0.2) is 30.5 Å². The van der Waals surface area contributed by atoms with Crippen LogP contribution in [0.1, 0.15) is 17.1 Å². The van der Waals surface area contributed by atoms with Crippen molar-refractivity contribution in [2.24, 2.45) is 5.73 Å². The molecule has 3 rings (SSSR count). The minimum Gasteiger partial charge on any atom is -0.330 e. The SMILES string of the molecule is Cc1cc(C)n(-c2nc3ccccn3c2CCN)n1.